The number of hydrogen-bond donors (Lipinski definition) is 1. The predicted molar refractivity (Wildman–Crippen MR) is 135 cm³/mol. The molecule has 4 rings (SSSR count). The van der Waals surface area contributed by atoms with Gasteiger partial charge in [0.2, 0.25) is 0 Å². The third-order valence-electron chi connectivity index (χ3n) is 6.87. The van der Waals surface area contributed by atoms with Crippen LogP contribution in [0.1, 0.15) is 62.8 Å². The van der Waals surface area contributed by atoms with Gasteiger partial charge in [0, 0.05) is 18.9 Å². The van der Waals surface area contributed by atoms with Gasteiger partial charge in [-0.3, -0.25) is 4.79 Å². The van der Waals surface area contributed by atoms with Gasteiger partial charge in [0.25, 0.3) is 5.91 Å². The Morgan fingerprint density at radius 2 is 1.79 bits per heavy atom. The van der Waals surface area contributed by atoms with Gasteiger partial charge in [-0.25, -0.2) is 0 Å². The van der Waals surface area contributed by atoms with Gasteiger partial charge in [-0.2, -0.15) is 18.4 Å². The van der Waals surface area contributed by atoms with Crippen molar-refractivity contribution < 1.29 is 36.9 Å². The van der Waals surface area contributed by atoms with Gasteiger partial charge in [0.1, 0.15) is 6.10 Å². The second-order valence-corrected chi connectivity index (χ2v) is 10.8. The number of ether oxygens (including phenoxy) is 4. The average Bonchev–Trinajstić information content (AvgIpc) is 3.19. The van der Waals surface area contributed by atoms with E-state index in [-0.39, 0.29) is 38.0 Å². The number of rotatable bonds is 8. The summed E-state index contributed by atoms with van der Waals surface area (Å²) in [5.74, 6) is -1.26. The molecule has 210 valence electrons. The Balaban J connectivity index is 1.60. The second kappa shape index (κ2) is 11.3. The third-order valence-corrected chi connectivity index (χ3v) is 6.87. The molecule has 10 heteroatoms. The average molecular weight is 547 g/mol. The van der Waals surface area contributed by atoms with Crippen LogP contribution >= 0.6 is 0 Å². The standard InChI is InChI=1S/C29H33F3N2O5/c1-18(2)34-26(35)28(37-17-21-8-6-5-7-20(21)15-33)13-23(25-24(14-28)38-27(3,4)39-25)36-16-19-9-11-22(12-10-19)29(30,31)32/h5-12,18,23-25H,13-14,16-17H2,1-4H3,(H,34,35)/t23-,24-,25+,28-/m1/s1. The molecule has 1 aliphatic carbocycles. The van der Waals surface area contributed by atoms with Gasteiger partial charge < -0.3 is 24.3 Å². The topological polar surface area (TPSA) is 89.8 Å². The number of fused-ring (bicyclic) bond motifs is 1. The first-order valence-electron chi connectivity index (χ1n) is 12.9. The van der Waals surface area contributed by atoms with Crippen molar-refractivity contribution in [2.24, 2.45) is 0 Å². The van der Waals surface area contributed by atoms with Gasteiger partial charge in [0.05, 0.1) is 42.6 Å². The van der Waals surface area contributed by atoms with Crippen molar-refractivity contribution in [1.29, 1.82) is 5.26 Å². The van der Waals surface area contributed by atoms with Gasteiger partial charge in [-0.05, 0) is 57.0 Å². The van der Waals surface area contributed by atoms with Crippen LogP contribution in [0.3, 0.4) is 0 Å². The number of nitrogens with one attached hydrogen (secondary N) is 1. The second-order valence-electron chi connectivity index (χ2n) is 10.8. The molecule has 4 atom stereocenters. The van der Waals surface area contributed by atoms with E-state index in [1.54, 1.807) is 38.1 Å². The summed E-state index contributed by atoms with van der Waals surface area (Å²) in [6, 6.07) is 13.7. The zero-order valence-corrected chi connectivity index (χ0v) is 22.4. The van der Waals surface area contributed by atoms with E-state index in [9.17, 15) is 23.2 Å². The molecular weight excluding hydrogens is 513 g/mol. The summed E-state index contributed by atoms with van der Waals surface area (Å²) >= 11 is 0. The molecule has 1 saturated carbocycles. The number of halogens is 3. The van der Waals surface area contributed by atoms with Crippen molar-refractivity contribution >= 4 is 5.91 Å². The molecule has 2 aromatic rings. The minimum absolute atomic E-state index is 0.00889. The van der Waals surface area contributed by atoms with Crippen molar-refractivity contribution in [2.75, 3.05) is 0 Å². The fourth-order valence-electron chi connectivity index (χ4n) is 5.07. The number of carbonyl (C=O) groups excluding carboxylic acids is 1. The van der Waals surface area contributed by atoms with Crippen LogP contribution in [0.15, 0.2) is 48.5 Å². The van der Waals surface area contributed by atoms with Crippen LogP contribution in [-0.2, 0) is 43.1 Å². The number of hydrogen-bond acceptors (Lipinski definition) is 6. The molecule has 0 radical (unpaired) electrons. The fourth-order valence-corrected chi connectivity index (χ4v) is 5.07. The summed E-state index contributed by atoms with van der Waals surface area (Å²) in [5.41, 5.74) is -0.465. The van der Waals surface area contributed by atoms with E-state index in [0.717, 1.165) is 12.1 Å². The van der Waals surface area contributed by atoms with Crippen molar-refractivity contribution in [3.63, 3.8) is 0 Å². The molecule has 0 unspecified atom stereocenters. The van der Waals surface area contributed by atoms with Crippen LogP contribution in [0, 0.1) is 11.3 Å². The minimum Gasteiger partial charge on any atom is -0.371 e. The third kappa shape index (κ3) is 6.79. The molecule has 1 saturated heterocycles. The Morgan fingerprint density at radius 3 is 2.44 bits per heavy atom. The molecule has 7 nitrogen and oxygen atoms in total. The zero-order valence-electron chi connectivity index (χ0n) is 22.4. The summed E-state index contributed by atoms with van der Waals surface area (Å²) < 4.78 is 63.8. The van der Waals surface area contributed by atoms with Gasteiger partial charge in [-0.15, -0.1) is 0 Å². The summed E-state index contributed by atoms with van der Waals surface area (Å²) in [6.45, 7) is 7.27. The molecule has 1 amide bonds. The Morgan fingerprint density at radius 1 is 1.10 bits per heavy atom. The zero-order chi connectivity index (χ0) is 28.4. The van der Waals surface area contributed by atoms with E-state index >= 15 is 0 Å². The van der Waals surface area contributed by atoms with E-state index in [2.05, 4.69) is 11.4 Å². The van der Waals surface area contributed by atoms with Crippen molar-refractivity contribution in [3.05, 3.63) is 70.8 Å². The highest BCUT2D eigenvalue weighted by molar-refractivity contribution is 5.85. The fraction of sp³-hybridized carbons (Fsp3) is 0.517. The molecule has 0 spiro atoms. The van der Waals surface area contributed by atoms with Crippen LogP contribution in [0.25, 0.3) is 0 Å². The number of amides is 1. The number of nitrogens with zero attached hydrogens (tertiary/aromatic N) is 1. The van der Waals surface area contributed by atoms with E-state index in [1.165, 1.54) is 12.1 Å². The van der Waals surface area contributed by atoms with Gasteiger partial charge >= 0.3 is 6.18 Å². The largest absolute Gasteiger partial charge is 0.416 e. The van der Waals surface area contributed by atoms with E-state index < -0.39 is 41.4 Å². The lowest BCUT2D eigenvalue weighted by Gasteiger charge is -2.43. The molecule has 39 heavy (non-hydrogen) atoms. The number of alkyl halides is 3. The molecule has 1 N–H and O–H groups in total. The highest BCUT2D eigenvalue weighted by Gasteiger charge is 2.58. The molecule has 2 aromatic carbocycles. The smallest absolute Gasteiger partial charge is 0.371 e. The van der Waals surface area contributed by atoms with E-state index in [0.29, 0.717) is 16.7 Å². The molecule has 0 bridgehead atoms. The highest BCUT2D eigenvalue weighted by atomic mass is 19.4. The van der Waals surface area contributed by atoms with Crippen LogP contribution in [0.4, 0.5) is 13.2 Å². The van der Waals surface area contributed by atoms with Crippen molar-refractivity contribution in [3.8, 4) is 6.07 Å². The minimum atomic E-state index is -4.43. The quantitative estimate of drug-likeness (QED) is 0.486. The van der Waals surface area contributed by atoms with Crippen molar-refractivity contribution in [2.45, 2.75) is 95.7 Å². The Kier molecular flexibility index (Phi) is 8.38. The maximum atomic E-state index is 13.6. The monoisotopic (exact) mass is 546 g/mol. The first-order chi connectivity index (χ1) is 18.3. The predicted octanol–water partition coefficient (Wildman–Crippen LogP) is 5.26. The van der Waals surface area contributed by atoms with Crippen LogP contribution < -0.4 is 5.32 Å². The molecule has 2 aliphatic rings. The molecule has 2 fully saturated rings. The van der Waals surface area contributed by atoms with Crippen molar-refractivity contribution in [1.82, 2.24) is 5.32 Å². The van der Waals surface area contributed by atoms with E-state index in [1.807, 2.05) is 13.8 Å². The van der Waals surface area contributed by atoms with Crippen LogP contribution in [0.2, 0.25) is 0 Å². The maximum absolute atomic E-state index is 13.6. The number of carbonyl (C=O) groups is 1. The number of benzene rings is 2. The molecule has 0 aromatic heterocycles. The SMILES string of the molecule is CC(C)NC(=O)[C@@]1(OCc2ccccc2C#N)C[C@@H](OCc2ccc(C(F)(F)F)cc2)[C@@H]2OC(C)(C)O[C@@H]2C1. The first-order valence-corrected chi connectivity index (χ1v) is 12.9. The summed E-state index contributed by atoms with van der Waals surface area (Å²) in [7, 11) is 0. The van der Waals surface area contributed by atoms with Crippen LogP contribution in [-0.4, -0.2) is 41.6 Å². The Labute approximate surface area is 226 Å². The lowest BCUT2D eigenvalue weighted by Crippen LogP contribution is -2.60. The van der Waals surface area contributed by atoms with Gasteiger partial charge in [-0.1, -0.05) is 30.3 Å². The first kappa shape index (κ1) is 29.0. The molecule has 1 heterocycles. The maximum Gasteiger partial charge on any atom is 0.416 e. The van der Waals surface area contributed by atoms with Crippen LogP contribution in [0.5, 0.6) is 0 Å². The van der Waals surface area contributed by atoms with E-state index in [4.69, 9.17) is 18.9 Å². The summed E-state index contributed by atoms with van der Waals surface area (Å²) in [6.07, 6.45) is -5.80. The highest BCUT2D eigenvalue weighted by Crippen LogP contribution is 2.44. The number of nitriles is 1. The summed E-state index contributed by atoms with van der Waals surface area (Å²) in [4.78, 5) is 13.6. The lowest BCUT2D eigenvalue weighted by molar-refractivity contribution is -0.183. The Bertz CT molecular complexity index is 1210. The van der Waals surface area contributed by atoms with Gasteiger partial charge in [0.15, 0.2) is 11.4 Å². The summed E-state index contributed by atoms with van der Waals surface area (Å²) in [5, 5.41) is 12.5. The Hall–Kier alpha value is -2.97. The normalized spacial score (nSPS) is 26.2. The molecule has 1 aliphatic heterocycles. The lowest BCUT2D eigenvalue weighted by atomic mass is 9.78. The molecular formula is C29H33F3N2O5.